The van der Waals surface area contributed by atoms with E-state index < -0.39 is 16.1 Å². The van der Waals surface area contributed by atoms with Gasteiger partial charge in [0.25, 0.3) is 0 Å². The fourth-order valence-corrected chi connectivity index (χ4v) is 5.56. The zero-order valence-electron chi connectivity index (χ0n) is 20.3. The van der Waals surface area contributed by atoms with Crippen LogP contribution in [0.1, 0.15) is 43.8 Å². The molecule has 0 aromatic carbocycles. The summed E-state index contributed by atoms with van der Waals surface area (Å²) in [5, 5.41) is 21.5. The van der Waals surface area contributed by atoms with Gasteiger partial charge in [0.1, 0.15) is 10.6 Å². The zero-order valence-corrected chi connectivity index (χ0v) is 21.2. The van der Waals surface area contributed by atoms with E-state index in [1.54, 1.807) is 36.5 Å². The van der Waals surface area contributed by atoms with Crippen molar-refractivity contribution in [1.82, 2.24) is 29.4 Å². The molecule has 0 bridgehead atoms. The highest BCUT2D eigenvalue weighted by atomic mass is 32.2. The fourth-order valence-electron chi connectivity index (χ4n) is 4.10. The average Bonchev–Trinajstić information content (AvgIpc) is 3.38. The minimum atomic E-state index is -3.88. The molecule has 2 aromatic heterocycles. The number of aliphatic hydroxyl groups excluding tert-OH is 1. The maximum Gasteiger partial charge on any atom is 0.248 e. The van der Waals surface area contributed by atoms with Gasteiger partial charge < -0.3 is 19.3 Å². The monoisotopic (exact) mass is 498 g/mol. The first-order valence-electron chi connectivity index (χ1n) is 11.3. The third kappa shape index (κ3) is 5.65. The lowest BCUT2D eigenvalue weighted by molar-refractivity contribution is -0.136. The van der Waals surface area contributed by atoms with Crippen molar-refractivity contribution in [3.05, 3.63) is 23.3 Å². The van der Waals surface area contributed by atoms with Gasteiger partial charge in [0, 0.05) is 39.0 Å². The Balaban J connectivity index is 1.89. The second kappa shape index (κ2) is 10.9. The molecule has 1 amide bonds. The van der Waals surface area contributed by atoms with Gasteiger partial charge in [-0.05, 0) is 27.2 Å². The molecule has 34 heavy (non-hydrogen) atoms. The highest BCUT2D eigenvalue weighted by Crippen LogP contribution is 2.24. The van der Waals surface area contributed by atoms with E-state index in [4.69, 9.17) is 9.26 Å². The molecule has 13 heteroatoms. The molecule has 3 atom stereocenters. The van der Waals surface area contributed by atoms with Crippen LogP contribution in [0.3, 0.4) is 0 Å². The van der Waals surface area contributed by atoms with Crippen molar-refractivity contribution in [2.45, 2.75) is 70.7 Å². The molecular weight excluding hydrogens is 464 g/mol. The van der Waals surface area contributed by atoms with Gasteiger partial charge in [0.2, 0.25) is 15.9 Å². The van der Waals surface area contributed by atoms with E-state index in [1.807, 2.05) is 6.92 Å². The van der Waals surface area contributed by atoms with Crippen LogP contribution in [0.2, 0.25) is 0 Å². The van der Waals surface area contributed by atoms with Crippen molar-refractivity contribution >= 4 is 15.9 Å². The first-order chi connectivity index (χ1) is 16.1. The minimum absolute atomic E-state index is 0.0452. The molecule has 1 aliphatic heterocycles. The number of nitrogens with zero attached hydrogens (tertiary/aromatic N) is 6. The number of hydrogen-bond donors (Lipinski definition) is 1. The van der Waals surface area contributed by atoms with Crippen LogP contribution in [-0.4, -0.2) is 87.7 Å². The van der Waals surface area contributed by atoms with Crippen LogP contribution in [0.25, 0.3) is 0 Å². The second-order valence-electron chi connectivity index (χ2n) is 8.90. The van der Waals surface area contributed by atoms with Gasteiger partial charge >= 0.3 is 0 Å². The molecule has 2 aromatic rings. The molecule has 0 saturated heterocycles. The molecule has 1 aliphatic rings. The molecule has 0 spiro atoms. The number of amides is 1. The Morgan fingerprint density at radius 1 is 1.35 bits per heavy atom. The van der Waals surface area contributed by atoms with E-state index in [0.29, 0.717) is 31.6 Å². The zero-order chi connectivity index (χ0) is 25.0. The smallest absolute Gasteiger partial charge is 0.248 e. The summed E-state index contributed by atoms with van der Waals surface area (Å²) in [4.78, 5) is 14.6. The van der Waals surface area contributed by atoms with Crippen LogP contribution in [-0.2, 0) is 32.7 Å². The quantitative estimate of drug-likeness (QED) is 0.609. The van der Waals surface area contributed by atoms with E-state index in [1.165, 1.54) is 11.4 Å². The molecule has 0 saturated carbocycles. The maximum atomic E-state index is 13.3. The summed E-state index contributed by atoms with van der Waals surface area (Å²) in [5.74, 6) is -0.0874. The second-order valence-corrected chi connectivity index (χ2v) is 10.9. The standard InChI is InChI=1S/C21H34N6O6S/c1-14-10-26(15(2)12-28)20(29)7-6-8-27-18(9-22-24-27)13-32-19(14)11-25(5)34(30,31)21-16(3)23-33-17(21)4/h9,14-15,19,28H,6-8,10-13H2,1-5H3/t14-,15+,19+/m1/s1. The third-order valence-corrected chi connectivity index (χ3v) is 8.28. The number of rotatable bonds is 6. The van der Waals surface area contributed by atoms with Crippen molar-refractivity contribution in [3.8, 4) is 0 Å². The Bertz CT molecular complexity index is 1060. The molecule has 0 unspecified atom stereocenters. The van der Waals surface area contributed by atoms with Crippen LogP contribution in [0.15, 0.2) is 15.6 Å². The minimum Gasteiger partial charge on any atom is -0.394 e. The van der Waals surface area contributed by atoms with Gasteiger partial charge in [-0.25, -0.2) is 13.1 Å². The van der Waals surface area contributed by atoms with Gasteiger partial charge in [-0.15, -0.1) is 5.10 Å². The van der Waals surface area contributed by atoms with E-state index in [9.17, 15) is 18.3 Å². The summed E-state index contributed by atoms with van der Waals surface area (Å²) in [7, 11) is -2.39. The number of hydrogen-bond acceptors (Lipinski definition) is 9. The highest BCUT2D eigenvalue weighted by Gasteiger charge is 2.33. The molecule has 3 rings (SSSR count). The molecule has 1 N–H and O–H groups in total. The number of sulfonamides is 1. The largest absolute Gasteiger partial charge is 0.394 e. The first-order valence-corrected chi connectivity index (χ1v) is 12.8. The summed E-state index contributed by atoms with van der Waals surface area (Å²) >= 11 is 0. The number of aryl methyl sites for hydroxylation is 3. The molecule has 0 radical (unpaired) electrons. The highest BCUT2D eigenvalue weighted by molar-refractivity contribution is 7.89. The Morgan fingerprint density at radius 2 is 2.09 bits per heavy atom. The molecular formula is C21H34N6O6S. The Labute approximate surface area is 199 Å². The van der Waals surface area contributed by atoms with Crippen molar-refractivity contribution < 1.29 is 27.6 Å². The Morgan fingerprint density at radius 3 is 2.74 bits per heavy atom. The van der Waals surface area contributed by atoms with Gasteiger partial charge in [0.05, 0.1) is 37.3 Å². The number of aliphatic hydroxyl groups is 1. The van der Waals surface area contributed by atoms with E-state index in [-0.39, 0.29) is 48.3 Å². The Kier molecular flexibility index (Phi) is 8.44. The Hall–Kier alpha value is -2.35. The number of ether oxygens (including phenoxy) is 1. The first kappa shape index (κ1) is 26.3. The summed E-state index contributed by atoms with van der Waals surface area (Å²) in [6.07, 6.45) is 1.95. The normalized spacial score (nSPS) is 21.7. The van der Waals surface area contributed by atoms with E-state index in [0.717, 1.165) is 5.69 Å². The lowest BCUT2D eigenvalue weighted by atomic mass is 10.0. The van der Waals surface area contributed by atoms with Crippen LogP contribution in [0.4, 0.5) is 0 Å². The van der Waals surface area contributed by atoms with Crippen molar-refractivity contribution in [2.24, 2.45) is 5.92 Å². The summed E-state index contributed by atoms with van der Waals surface area (Å²) in [5.41, 5.74) is 1.04. The number of carbonyl (C=O) groups is 1. The van der Waals surface area contributed by atoms with Crippen molar-refractivity contribution in [1.29, 1.82) is 0 Å². The van der Waals surface area contributed by atoms with Crippen LogP contribution >= 0.6 is 0 Å². The molecule has 0 fully saturated rings. The van der Waals surface area contributed by atoms with Gasteiger partial charge in [-0.2, -0.15) is 4.31 Å². The number of likely N-dealkylation sites (N-methyl/N-ethyl adjacent to an activating group) is 1. The molecule has 190 valence electrons. The predicted octanol–water partition coefficient (Wildman–Crippen LogP) is 0.728. The number of carbonyl (C=O) groups excluding carboxylic acids is 1. The van der Waals surface area contributed by atoms with E-state index >= 15 is 0 Å². The lowest BCUT2D eigenvalue weighted by Crippen LogP contribution is -2.48. The van der Waals surface area contributed by atoms with Gasteiger partial charge in [-0.1, -0.05) is 17.3 Å². The topological polar surface area (TPSA) is 144 Å². The predicted molar refractivity (Wildman–Crippen MR) is 121 cm³/mol. The molecule has 12 nitrogen and oxygen atoms in total. The van der Waals surface area contributed by atoms with Gasteiger partial charge in [-0.3, -0.25) is 4.79 Å². The van der Waals surface area contributed by atoms with E-state index in [2.05, 4.69) is 15.5 Å². The average molecular weight is 499 g/mol. The van der Waals surface area contributed by atoms with Crippen LogP contribution < -0.4 is 0 Å². The summed E-state index contributed by atoms with van der Waals surface area (Å²) in [6, 6.07) is -0.371. The number of fused-ring (bicyclic) bond motifs is 1. The van der Waals surface area contributed by atoms with Gasteiger partial charge in [0.15, 0.2) is 5.76 Å². The van der Waals surface area contributed by atoms with Crippen LogP contribution in [0.5, 0.6) is 0 Å². The lowest BCUT2D eigenvalue weighted by Gasteiger charge is -2.35. The fraction of sp³-hybridized carbons (Fsp3) is 0.714. The SMILES string of the molecule is Cc1noc(C)c1S(=O)(=O)N(C)C[C@@H]1OCc2cnnn2CCCC(=O)N([C@@H](C)CO)C[C@H]1C. The molecule has 3 heterocycles. The summed E-state index contributed by atoms with van der Waals surface area (Å²) < 4.78 is 40.7. The third-order valence-electron chi connectivity index (χ3n) is 6.21. The summed E-state index contributed by atoms with van der Waals surface area (Å²) in [6.45, 7) is 7.74. The number of aromatic nitrogens is 4. The van der Waals surface area contributed by atoms with Crippen LogP contribution in [0, 0.1) is 19.8 Å². The molecule has 0 aliphatic carbocycles. The maximum absolute atomic E-state index is 13.3. The van der Waals surface area contributed by atoms with Crippen molar-refractivity contribution in [2.75, 3.05) is 26.7 Å². The van der Waals surface area contributed by atoms with Crippen molar-refractivity contribution in [3.63, 3.8) is 0 Å².